The lowest BCUT2D eigenvalue weighted by molar-refractivity contribution is 0.426. The molecule has 3 rings (SSSR count). The summed E-state index contributed by atoms with van der Waals surface area (Å²) in [4.78, 5) is 0.520. The number of hydrogen-bond acceptors (Lipinski definition) is 3. The molecule has 1 aliphatic carbocycles. The number of hydrogen-bond donors (Lipinski definition) is 1. The molecule has 2 aliphatic rings. The lowest BCUT2D eigenvalue weighted by Gasteiger charge is -2.24. The predicted molar refractivity (Wildman–Crippen MR) is 93.1 cm³/mol. The third-order valence-electron chi connectivity index (χ3n) is 6.41. The highest BCUT2D eigenvalue weighted by Crippen LogP contribution is 2.40. The summed E-state index contributed by atoms with van der Waals surface area (Å²) in [7, 11) is -3.45. The van der Waals surface area contributed by atoms with E-state index in [1.807, 2.05) is 27.7 Å². The van der Waals surface area contributed by atoms with Gasteiger partial charge in [-0.2, -0.15) is 4.31 Å². The number of rotatable bonds is 2. The van der Waals surface area contributed by atoms with E-state index in [-0.39, 0.29) is 6.04 Å². The molecule has 1 saturated heterocycles. The Hall–Kier alpha value is -0.910. The van der Waals surface area contributed by atoms with E-state index < -0.39 is 10.0 Å². The Morgan fingerprint density at radius 3 is 1.91 bits per heavy atom. The van der Waals surface area contributed by atoms with Crippen LogP contribution in [0.3, 0.4) is 0 Å². The Kier molecular flexibility index (Phi) is 4.10. The van der Waals surface area contributed by atoms with Gasteiger partial charge >= 0.3 is 0 Å². The average Bonchev–Trinajstić information content (AvgIpc) is 3.06. The van der Waals surface area contributed by atoms with Gasteiger partial charge in [-0.3, -0.25) is 0 Å². The van der Waals surface area contributed by atoms with Crippen molar-refractivity contribution in [2.24, 2.45) is 17.6 Å². The molecule has 23 heavy (non-hydrogen) atoms. The summed E-state index contributed by atoms with van der Waals surface area (Å²) in [5, 5.41) is 0. The predicted octanol–water partition coefficient (Wildman–Crippen LogP) is 2.59. The fourth-order valence-electron chi connectivity index (χ4n) is 4.44. The third kappa shape index (κ3) is 2.44. The topological polar surface area (TPSA) is 63.4 Å². The second-order valence-electron chi connectivity index (χ2n) is 7.44. The fraction of sp³-hybridized carbons (Fsp3) is 0.667. The molecule has 1 aromatic rings. The Morgan fingerprint density at radius 1 is 0.870 bits per heavy atom. The van der Waals surface area contributed by atoms with Crippen LogP contribution in [0.2, 0.25) is 0 Å². The maximum atomic E-state index is 13.3. The summed E-state index contributed by atoms with van der Waals surface area (Å²) in [6.07, 6.45) is 2.09. The maximum Gasteiger partial charge on any atom is 0.243 e. The summed E-state index contributed by atoms with van der Waals surface area (Å²) in [5.74, 6) is 0.769. The molecule has 5 heteroatoms. The second kappa shape index (κ2) is 5.57. The Bertz CT molecular complexity index is 726. The van der Waals surface area contributed by atoms with E-state index in [0.717, 1.165) is 35.1 Å². The Morgan fingerprint density at radius 2 is 1.39 bits per heavy atom. The van der Waals surface area contributed by atoms with Crippen LogP contribution in [0.1, 0.15) is 40.7 Å². The molecule has 0 aromatic heterocycles. The van der Waals surface area contributed by atoms with Gasteiger partial charge in [-0.05, 0) is 87.1 Å². The van der Waals surface area contributed by atoms with Crippen LogP contribution in [-0.2, 0) is 10.0 Å². The van der Waals surface area contributed by atoms with E-state index in [1.165, 1.54) is 5.56 Å². The fourth-order valence-corrected chi connectivity index (χ4v) is 6.54. The molecule has 3 unspecified atom stereocenters. The van der Waals surface area contributed by atoms with Crippen LogP contribution in [0.25, 0.3) is 0 Å². The van der Waals surface area contributed by atoms with Gasteiger partial charge in [0.05, 0.1) is 4.90 Å². The number of nitrogens with two attached hydrogens (primary N) is 1. The molecule has 0 radical (unpaired) electrons. The highest BCUT2D eigenvalue weighted by Gasteiger charge is 2.45. The monoisotopic (exact) mass is 336 g/mol. The molecule has 1 aromatic carbocycles. The van der Waals surface area contributed by atoms with Crippen molar-refractivity contribution in [2.75, 3.05) is 13.1 Å². The van der Waals surface area contributed by atoms with Crippen molar-refractivity contribution in [3.63, 3.8) is 0 Å². The molecule has 0 spiro atoms. The van der Waals surface area contributed by atoms with E-state index >= 15 is 0 Å². The zero-order valence-electron chi connectivity index (χ0n) is 14.8. The largest absolute Gasteiger partial charge is 0.327 e. The van der Waals surface area contributed by atoms with Crippen molar-refractivity contribution in [3.05, 3.63) is 27.8 Å². The summed E-state index contributed by atoms with van der Waals surface area (Å²) < 4.78 is 28.3. The van der Waals surface area contributed by atoms with E-state index in [0.29, 0.717) is 29.8 Å². The van der Waals surface area contributed by atoms with Crippen LogP contribution in [0.4, 0.5) is 0 Å². The van der Waals surface area contributed by atoms with Gasteiger partial charge in [0.15, 0.2) is 0 Å². The lowest BCUT2D eigenvalue weighted by atomic mass is 9.95. The Balaban J connectivity index is 2.05. The second-order valence-corrected chi connectivity index (χ2v) is 9.32. The van der Waals surface area contributed by atoms with Crippen molar-refractivity contribution < 1.29 is 8.42 Å². The van der Waals surface area contributed by atoms with Crippen LogP contribution < -0.4 is 5.73 Å². The number of sulfonamides is 1. The minimum absolute atomic E-state index is 0.156. The van der Waals surface area contributed by atoms with Crippen LogP contribution in [0.15, 0.2) is 4.90 Å². The summed E-state index contributed by atoms with van der Waals surface area (Å²) in [6.45, 7) is 11.2. The summed E-state index contributed by atoms with van der Waals surface area (Å²) in [5.41, 5.74) is 11.3. The molecule has 1 aliphatic heterocycles. The van der Waals surface area contributed by atoms with Crippen LogP contribution in [0.5, 0.6) is 0 Å². The van der Waals surface area contributed by atoms with Crippen molar-refractivity contribution in [3.8, 4) is 0 Å². The zero-order valence-corrected chi connectivity index (χ0v) is 15.6. The van der Waals surface area contributed by atoms with Gasteiger partial charge < -0.3 is 5.73 Å². The minimum atomic E-state index is -3.45. The van der Waals surface area contributed by atoms with Gasteiger partial charge in [-0.25, -0.2) is 8.42 Å². The van der Waals surface area contributed by atoms with E-state index in [9.17, 15) is 8.42 Å². The van der Waals surface area contributed by atoms with Gasteiger partial charge in [-0.15, -0.1) is 0 Å². The first-order chi connectivity index (χ1) is 10.7. The first kappa shape index (κ1) is 16.9. The van der Waals surface area contributed by atoms with Crippen molar-refractivity contribution in [1.82, 2.24) is 4.31 Å². The molecule has 1 saturated carbocycles. The average molecular weight is 337 g/mol. The quantitative estimate of drug-likeness (QED) is 0.903. The molecular formula is C18H28N2O2S. The highest BCUT2D eigenvalue weighted by atomic mass is 32.2. The molecule has 2 N–H and O–H groups in total. The first-order valence-electron chi connectivity index (χ1n) is 8.49. The van der Waals surface area contributed by atoms with E-state index in [1.54, 1.807) is 4.31 Å². The molecule has 0 bridgehead atoms. The molecule has 4 nitrogen and oxygen atoms in total. The molecule has 3 atom stereocenters. The van der Waals surface area contributed by atoms with Crippen LogP contribution >= 0.6 is 0 Å². The summed E-state index contributed by atoms with van der Waals surface area (Å²) >= 11 is 0. The van der Waals surface area contributed by atoms with E-state index in [2.05, 4.69) is 6.92 Å². The van der Waals surface area contributed by atoms with Crippen LogP contribution in [-0.4, -0.2) is 31.9 Å². The van der Waals surface area contributed by atoms with Crippen LogP contribution in [0, 0.1) is 46.5 Å². The first-order valence-corrected chi connectivity index (χ1v) is 9.93. The van der Waals surface area contributed by atoms with E-state index in [4.69, 9.17) is 5.73 Å². The molecule has 2 fully saturated rings. The van der Waals surface area contributed by atoms with Crippen molar-refractivity contribution >= 4 is 10.0 Å². The van der Waals surface area contributed by atoms with Gasteiger partial charge in [0.1, 0.15) is 0 Å². The number of nitrogens with zero attached hydrogens (tertiary/aromatic N) is 1. The number of benzene rings is 1. The zero-order chi connectivity index (χ0) is 17.1. The summed E-state index contributed by atoms with van der Waals surface area (Å²) in [6, 6.07) is 0.156. The van der Waals surface area contributed by atoms with Crippen molar-refractivity contribution in [2.45, 2.75) is 58.4 Å². The molecular weight excluding hydrogens is 308 g/mol. The van der Waals surface area contributed by atoms with Crippen molar-refractivity contribution in [1.29, 1.82) is 0 Å². The minimum Gasteiger partial charge on any atom is -0.327 e. The maximum absolute atomic E-state index is 13.3. The molecule has 128 valence electrons. The third-order valence-corrected chi connectivity index (χ3v) is 8.51. The van der Waals surface area contributed by atoms with Gasteiger partial charge in [-0.1, -0.05) is 0 Å². The smallest absolute Gasteiger partial charge is 0.243 e. The lowest BCUT2D eigenvalue weighted by Crippen LogP contribution is -2.34. The Labute approximate surface area is 140 Å². The van der Waals surface area contributed by atoms with Gasteiger partial charge in [0, 0.05) is 19.1 Å². The SMILES string of the molecule is Cc1c(C)c(C)c(S(=O)(=O)N2CC3CCC(N)C3C2)c(C)c1C. The standard InChI is InChI=1S/C18H28N2O2S/c1-10-11(2)13(4)18(14(5)12(10)3)23(21,22)20-8-15-6-7-17(19)16(15)9-20/h15-17H,6-9,19H2,1-5H3. The molecule has 1 heterocycles. The highest BCUT2D eigenvalue weighted by molar-refractivity contribution is 7.89. The van der Waals surface area contributed by atoms with Gasteiger partial charge in [0.2, 0.25) is 10.0 Å². The molecule has 0 amide bonds. The number of fused-ring (bicyclic) bond motifs is 1. The normalized spacial score (nSPS) is 28.3. The van der Waals surface area contributed by atoms with Gasteiger partial charge in [0.25, 0.3) is 0 Å².